The van der Waals surface area contributed by atoms with Crippen molar-refractivity contribution in [1.29, 1.82) is 0 Å². The van der Waals surface area contributed by atoms with E-state index in [-0.39, 0.29) is 17.7 Å². The van der Waals surface area contributed by atoms with Gasteiger partial charge in [-0.25, -0.2) is 0 Å². The minimum Gasteiger partial charge on any atom is -0.493 e. The number of benzene rings is 1. The monoisotopic (exact) mass is 442 g/mol. The van der Waals surface area contributed by atoms with Gasteiger partial charge in [-0.1, -0.05) is 26.3 Å². The Morgan fingerprint density at radius 2 is 1.88 bits per heavy atom. The van der Waals surface area contributed by atoms with Crippen LogP contribution in [0, 0.1) is 11.8 Å². The van der Waals surface area contributed by atoms with Crippen LogP contribution in [-0.4, -0.2) is 61.5 Å². The van der Waals surface area contributed by atoms with Gasteiger partial charge in [0.1, 0.15) is 0 Å². The molecule has 0 bridgehead atoms. The second-order valence-corrected chi connectivity index (χ2v) is 9.08. The van der Waals surface area contributed by atoms with Gasteiger partial charge >= 0.3 is 0 Å². The van der Waals surface area contributed by atoms with Gasteiger partial charge in [-0.05, 0) is 61.8 Å². The second-order valence-electron chi connectivity index (χ2n) is 9.08. The maximum absolute atomic E-state index is 12.8. The number of nitrogens with zero attached hydrogens (tertiary/aromatic N) is 2. The summed E-state index contributed by atoms with van der Waals surface area (Å²) in [5, 5.41) is 0. The molecule has 0 aromatic heterocycles. The van der Waals surface area contributed by atoms with Crippen molar-refractivity contribution in [2.75, 3.05) is 39.9 Å². The van der Waals surface area contributed by atoms with Crippen molar-refractivity contribution < 1.29 is 19.1 Å². The first-order chi connectivity index (χ1) is 15.5. The predicted molar refractivity (Wildman–Crippen MR) is 127 cm³/mol. The molecule has 1 aromatic rings. The van der Waals surface area contributed by atoms with E-state index < -0.39 is 0 Å². The molecular weight excluding hydrogens is 404 g/mol. The van der Waals surface area contributed by atoms with Crippen molar-refractivity contribution in [2.45, 2.75) is 52.4 Å². The Morgan fingerprint density at radius 3 is 2.56 bits per heavy atom. The summed E-state index contributed by atoms with van der Waals surface area (Å²) >= 11 is 0. The lowest BCUT2D eigenvalue weighted by Crippen LogP contribution is -2.46. The highest BCUT2D eigenvalue weighted by Crippen LogP contribution is 2.29. The fourth-order valence-electron chi connectivity index (χ4n) is 4.50. The molecule has 2 fully saturated rings. The number of carbonyl (C=O) groups excluding carboxylic acids is 2. The molecule has 176 valence electrons. The Morgan fingerprint density at radius 1 is 1.09 bits per heavy atom. The van der Waals surface area contributed by atoms with Crippen molar-refractivity contribution in [3.05, 3.63) is 29.8 Å². The van der Waals surface area contributed by atoms with Gasteiger partial charge in [0.15, 0.2) is 11.5 Å². The van der Waals surface area contributed by atoms with E-state index in [4.69, 9.17) is 9.47 Å². The van der Waals surface area contributed by atoms with Crippen LogP contribution in [0.15, 0.2) is 24.3 Å². The lowest BCUT2D eigenvalue weighted by molar-refractivity contribution is -0.140. The second kappa shape index (κ2) is 11.9. The molecule has 2 amide bonds. The lowest BCUT2D eigenvalue weighted by atomic mass is 9.92. The molecule has 6 heteroatoms. The summed E-state index contributed by atoms with van der Waals surface area (Å²) in [6.07, 6.45) is 9.32. The standard InChI is InChI=1S/C26H38N2O4/c1-4-5-17-32-23-10-8-21(18-24(23)31-3)9-11-25(29)27-15-12-22(13-16-27)26(30)28-14-6-7-20(2)19-28/h8-11,18,20,22H,4-7,12-17,19H2,1-3H3/b11-9+. The third kappa shape index (κ3) is 6.50. The van der Waals surface area contributed by atoms with Crippen molar-refractivity contribution in [1.82, 2.24) is 9.80 Å². The SMILES string of the molecule is CCCCOc1ccc(/C=C/C(=O)N2CCC(C(=O)N3CCCC(C)C3)CC2)cc1OC. The Labute approximate surface area is 192 Å². The largest absolute Gasteiger partial charge is 0.493 e. The van der Waals surface area contributed by atoms with Crippen LogP contribution >= 0.6 is 0 Å². The molecule has 1 atom stereocenters. The molecule has 3 rings (SSSR count). The molecule has 2 aliphatic heterocycles. The zero-order valence-corrected chi connectivity index (χ0v) is 19.8. The van der Waals surface area contributed by atoms with E-state index in [0.29, 0.717) is 31.4 Å². The van der Waals surface area contributed by atoms with Crippen LogP contribution in [0.3, 0.4) is 0 Å². The molecule has 0 spiro atoms. The van der Waals surface area contributed by atoms with E-state index in [1.165, 1.54) is 6.42 Å². The number of rotatable bonds is 8. The Hall–Kier alpha value is -2.50. The zero-order valence-electron chi connectivity index (χ0n) is 19.8. The predicted octanol–water partition coefficient (Wildman–Crippen LogP) is 4.38. The van der Waals surface area contributed by atoms with E-state index in [9.17, 15) is 9.59 Å². The van der Waals surface area contributed by atoms with Gasteiger partial charge in [-0.15, -0.1) is 0 Å². The van der Waals surface area contributed by atoms with E-state index in [1.54, 1.807) is 13.2 Å². The highest BCUT2D eigenvalue weighted by Gasteiger charge is 2.31. The van der Waals surface area contributed by atoms with Crippen LogP contribution < -0.4 is 9.47 Å². The van der Waals surface area contributed by atoms with Crippen LogP contribution in [-0.2, 0) is 9.59 Å². The molecule has 0 saturated carbocycles. The van der Waals surface area contributed by atoms with Crippen LogP contribution in [0.5, 0.6) is 11.5 Å². The summed E-state index contributed by atoms with van der Waals surface area (Å²) in [6.45, 7) is 8.04. The Bertz CT molecular complexity index is 799. The first-order valence-electron chi connectivity index (χ1n) is 12.1. The maximum atomic E-state index is 12.8. The van der Waals surface area contributed by atoms with Gasteiger partial charge in [-0.3, -0.25) is 9.59 Å². The van der Waals surface area contributed by atoms with Crippen LogP contribution in [0.1, 0.15) is 57.9 Å². The van der Waals surface area contributed by atoms with Gasteiger partial charge in [0, 0.05) is 38.2 Å². The summed E-state index contributed by atoms with van der Waals surface area (Å²) in [5.74, 6) is 2.31. The van der Waals surface area contributed by atoms with E-state index >= 15 is 0 Å². The average Bonchev–Trinajstić information content (AvgIpc) is 2.82. The molecule has 6 nitrogen and oxygen atoms in total. The fraction of sp³-hybridized carbons (Fsp3) is 0.615. The normalized spacial score (nSPS) is 19.9. The molecule has 2 aliphatic rings. The van der Waals surface area contributed by atoms with Gasteiger partial charge in [-0.2, -0.15) is 0 Å². The molecule has 32 heavy (non-hydrogen) atoms. The van der Waals surface area contributed by atoms with Gasteiger partial charge < -0.3 is 19.3 Å². The molecule has 0 radical (unpaired) electrons. The minimum atomic E-state index is -0.00951. The molecule has 1 unspecified atom stereocenters. The lowest BCUT2D eigenvalue weighted by Gasteiger charge is -2.37. The number of ether oxygens (including phenoxy) is 2. The summed E-state index contributed by atoms with van der Waals surface area (Å²) in [5.41, 5.74) is 0.891. The number of hydrogen-bond donors (Lipinski definition) is 0. The Balaban J connectivity index is 1.50. The van der Waals surface area contributed by atoms with Gasteiger partial charge in [0.25, 0.3) is 0 Å². The van der Waals surface area contributed by atoms with Crippen molar-refractivity contribution in [3.63, 3.8) is 0 Å². The molecule has 0 N–H and O–H groups in total. The molecular formula is C26H38N2O4. The third-order valence-corrected chi connectivity index (χ3v) is 6.49. The number of methoxy groups -OCH3 is 1. The van der Waals surface area contributed by atoms with Crippen molar-refractivity contribution >= 4 is 17.9 Å². The summed E-state index contributed by atoms with van der Waals surface area (Å²) in [4.78, 5) is 29.4. The molecule has 1 aromatic carbocycles. The Kier molecular flexibility index (Phi) is 9.00. The topological polar surface area (TPSA) is 59.1 Å². The zero-order chi connectivity index (χ0) is 22.9. The van der Waals surface area contributed by atoms with E-state index in [1.807, 2.05) is 34.1 Å². The number of amides is 2. The number of carbonyl (C=O) groups is 2. The van der Waals surface area contributed by atoms with E-state index in [0.717, 1.165) is 56.5 Å². The summed E-state index contributed by atoms with van der Waals surface area (Å²) < 4.78 is 11.2. The number of piperidine rings is 2. The molecule has 2 saturated heterocycles. The van der Waals surface area contributed by atoms with Crippen molar-refractivity contribution in [2.24, 2.45) is 11.8 Å². The van der Waals surface area contributed by atoms with E-state index in [2.05, 4.69) is 13.8 Å². The average molecular weight is 443 g/mol. The minimum absolute atomic E-state index is 0.00951. The first kappa shape index (κ1) is 24.1. The molecule has 0 aliphatic carbocycles. The summed E-state index contributed by atoms with van der Waals surface area (Å²) in [7, 11) is 1.62. The van der Waals surface area contributed by atoms with Gasteiger partial charge in [0.05, 0.1) is 13.7 Å². The van der Waals surface area contributed by atoms with Gasteiger partial charge in [0.2, 0.25) is 11.8 Å². The third-order valence-electron chi connectivity index (χ3n) is 6.49. The highest BCUT2D eigenvalue weighted by atomic mass is 16.5. The smallest absolute Gasteiger partial charge is 0.246 e. The fourth-order valence-corrected chi connectivity index (χ4v) is 4.50. The van der Waals surface area contributed by atoms with Crippen LogP contribution in [0.4, 0.5) is 0 Å². The maximum Gasteiger partial charge on any atom is 0.246 e. The highest BCUT2D eigenvalue weighted by molar-refractivity contribution is 5.92. The number of likely N-dealkylation sites (tertiary alicyclic amines) is 2. The number of hydrogen-bond acceptors (Lipinski definition) is 4. The summed E-state index contributed by atoms with van der Waals surface area (Å²) in [6, 6.07) is 5.70. The first-order valence-corrected chi connectivity index (χ1v) is 12.1. The molecule has 2 heterocycles. The van der Waals surface area contributed by atoms with Crippen LogP contribution in [0.2, 0.25) is 0 Å². The quantitative estimate of drug-likeness (QED) is 0.443. The van der Waals surface area contributed by atoms with Crippen LogP contribution in [0.25, 0.3) is 6.08 Å². The van der Waals surface area contributed by atoms with Crippen molar-refractivity contribution in [3.8, 4) is 11.5 Å². The number of unbranched alkanes of at least 4 members (excludes halogenated alkanes) is 1.